The van der Waals surface area contributed by atoms with Gasteiger partial charge in [-0.15, -0.1) is 11.3 Å². The van der Waals surface area contributed by atoms with Gasteiger partial charge >= 0.3 is 0 Å². The second-order valence-corrected chi connectivity index (χ2v) is 7.57. The first-order chi connectivity index (χ1) is 10.3. The number of nitrogens with one attached hydrogen (secondary N) is 2. The van der Waals surface area contributed by atoms with Gasteiger partial charge < -0.3 is 5.32 Å². The van der Waals surface area contributed by atoms with E-state index in [0.717, 1.165) is 10.6 Å². The molecule has 1 heterocycles. The Morgan fingerprint density at radius 2 is 2.05 bits per heavy atom. The van der Waals surface area contributed by atoms with Crippen molar-refractivity contribution in [2.24, 2.45) is 0 Å². The van der Waals surface area contributed by atoms with Gasteiger partial charge in [0.25, 0.3) is 5.91 Å². The Morgan fingerprint density at radius 1 is 1.32 bits per heavy atom. The molecule has 8 heteroatoms. The molecule has 22 heavy (non-hydrogen) atoms. The normalized spacial score (nSPS) is 11.4. The van der Waals surface area contributed by atoms with E-state index in [1.807, 2.05) is 5.38 Å². The van der Waals surface area contributed by atoms with Crippen molar-refractivity contribution in [3.63, 3.8) is 0 Å². The topological polar surface area (TPSA) is 88.2 Å². The highest BCUT2D eigenvalue weighted by Crippen LogP contribution is 2.21. The third kappa shape index (κ3) is 3.52. The molecule has 0 saturated carbocycles. The second kappa shape index (κ2) is 6.55. The third-order valence-electron chi connectivity index (χ3n) is 3.32. The number of benzene rings is 1. The van der Waals surface area contributed by atoms with Crippen LogP contribution in [0.3, 0.4) is 0 Å². The fourth-order valence-electron chi connectivity index (χ4n) is 1.95. The summed E-state index contributed by atoms with van der Waals surface area (Å²) >= 11 is 1.45. The molecule has 0 atom stereocenters. The predicted octanol–water partition coefficient (Wildman–Crippen LogP) is 1.60. The fraction of sp³-hybridized carbons (Fsp3) is 0.286. The number of aryl methyl sites for hydroxylation is 1. The maximum absolute atomic E-state index is 12.2. The molecule has 0 aliphatic heterocycles. The van der Waals surface area contributed by atoms with Crippen LogP contribution in [0.4, 0.5) is 0 Å². The minimum atomic E-state index is -3.61. The van der Waals surface area contributed by atoms with Gasteiger partial charge in [-0.05, 0) is 44.2 Å². The van der Waals surface area contributed by atoms with Crippen molar-refractivity contribution in [3.05, 3.63) is 45.4 Å². The van der Waals surface area contributed by atoms with Crippen molar-refractivity contribution < 1.29 is 13.2 Å². The van der Waals surface area contributed by atoms with Crippen LogP contribution in [-0.4, -0.2) is 26.4 Å². The number of carbonyl (C=O) groups is 1. The number of sulfonamides is 1. The second-order valence-electron chi connectivity index (χ2n) is 4.73. The van der Waals surface area contributed by atoms with E-state index in [1.54, 1.807) is 26.1 Å². The van der Waals surface area contributed by atoms with Gasteiger partial charge in [0, 0.05) is 17.1 Å². The molecule has 0 spiro atoms. The number of nitrogens with zero attached hydrogens (tertiary/aromatic N) is 1. The van der Waals surface area contributed by atoms with Crippen molar-refractivity contribution in [1.29, 1.82) is 0 Å². The summed E-state index contributed by atoms with van der Waals surface area (Å²) in [5.74, 6) is -0.328. The van der Waals surface area contributed by atoms with Crippen molar-refractivity contribution in [2.45, 2.75) is 25.3 Å². The lowest BCUT2D eigenvalue weighted by Crippen LogP contribution is -2.25. The Morgan fingerprint density at radius 3 is 2.64 bits per heavy atom. The molecule has 2 aromatic rings. The van der Waals surface area contributed by atoms with Crippen LogP contribution in [0.2, 0.25) is 0 Å². The smallest absolute Gasteiger partial charge is 0.251 e. The molecule has 0 aliphatic rings. The quantitative estimate of drug-likeness (QED) is 0.866. The number of carbonyl (C=O) groups excluding carboxylic acids is 1. The largest absolute Gasteiger partial charge is 0.346 e. The Balaban J connectivity index is 2.29. The molecule has 0 aliphatic carbocycles. The highest BCUT2D eigenvalue weighted by molar-refractivity contribution is 7.89. The van der Waals surface area contributed by atoms with E-state index in [4.69, 9.17) is 0 Å². The highest BCUT2D eigenvalue weighted by Gasteiger charge is 2.19. The molecule has 2 N–H and O–H groups in total. The number of thiazole rings is 1. The average molecular weight is 339 g/mol. The zero-order valence-corrected chi connectivity index (χ0v) is 14.1. The Labute approximate surface area is 133 Å². The standard InChI is InChI=1S/C14H17N3O3S2/c1-9-6-11(7-12(10(9)2)22(19,20)15-3)14(18)17-8-13-16-4-5-21-13/h4-7,15H,8H2,1-3H3,(H,17,18). The van der Waals surface area contributed by atoms with Gasteiger partial charge in [0.15, 0.2) is 0 Å². The van der Waals surface area contributed by atoms with Crippen LogP contribution < -0.4 is 10.0 Å². The molecule has 0 radical (unpaired) electrons. The highest BCUT2D eigenvalue weighted by atomic mass is 32.2. The van der Waals surface area contributed by atoms with Crippen LogP contribution >= 0.6 is 11.3 Å². The number of amides is 1. The van der Waals surface area contributed by atoms with E-state index in [0.29, 0.717) is 17.7 Å². The summed E-state index contributed by atoms with van der Waals surface area (Å²) in [6, 6.07) is 3.08. The van der Waals surface area contributed by atoms with Crippen LogP contribution in [0.15, 0.2) is 28.6 Å². The zero-order chi connectivity index (χ0) is 16.3. The molecule has 1 aromatic heterocycles. The monoisotopic (exact) mass is 339 g/mol. The summed E-state index contributed by atoms with van der Waals surface area (Å²) in [4.78, 5) is 16.4. The van der Waals surface area contributed by atoms with Crippen LogP contribution in [0.5, 0.6) is 0 Å². The molecule has 1 amide bonds. The van der Waals surface area contributed by atoms with Crippen molar-refractivity contribution in [3.8, 4) is 0 Å². The summed E-state index contributed by atoms with van der Waals surface area (Å²) in [7, 11) is -2.26. The number of aromatic nitrogens is 1. The Hall–Kier alpha value is -1.77. The molecule has 0 saturated heterocycles. The molecule has 0 fully saturated rings. The predicted molar refractivity (Wildman–Crippen MR) is 85.4 cm³/mol. The van der Waals surface area contributed by atoms with E-state index in [2.05, 4.69) is 15.0 Å². The molecule has 0 unspecified atom stereocenters. The molecule has 118 valence electrons. The molecule has 0 bridgehead atoms. The minimum absolute atomic E-state index is 0.120. The first kappa shape index (κ1) is 16.6. The Kier molecular flexibility index (Phi) is 4.94. The molecule has 1 aromatic carbocycles. The van der Waals surface area contributed by atoms with Gasteiger partial charge in [-0.1, -0.05) is 0 Å². The van der Waals surface area contributed by atoms with Crippen LogP contribution in [0.1, 0.15) is 26.5 Å². The van der Waals surface area contributed by atoms with Crippen LogP contribution in [0, 0.1) is 13.8 Å². The molecule has 2 rings (SSSR count). The molecular weight excluding hydrogens is 322 g/mol. The lowest BCUT2D eigenvalue weighted by atomic mass is 10.1. The molecule has 6 nitrogen and oxygen atoms in total. The average Bonchev–Trinajstić information content (AvgIpc) is 3.00. The van der Waals surface area contributed by atoms with E-state index < -0.39 is 10.0 Å². The molecular formula is C14H17N3O3S2. The van der Waals surface area contributed by atoms with Crippen molar-refractivity contribution in [1.82, 2.24) is 15.0 Å². The maximum Gasteiger partial charge on any atom is 0.251 e. The Bertz CT molecular complexity index is 784. The number of rotatable bonds is 5. The third-order valence-corrected chi connectivity index (χ3v) is 5.64. The first-order valence-electron chi connectivity index (χ1n) is 6.56. The van der Waals surface area contributed by atoms with Gasteiger partial charge in [0.2, 0.25) is 10.0 Å². The van der Waals surface area contributed by atoms with Crippen LogP contribution in [0.25, 0.3) is 0 Å². The van der Waals surface area contributed by atoms with Gasteiger partial charge in [0.1, 0.15) is 5.01 Å². The van der Waals surface area contributed by atoms with E-state index >= 15 is 0 Å². The lowest BCUT2D eigenvalue weighted by Gasteiger charge is -2.12. The van der Waals surface area contributed by atoms with E-state index in [1.165, 1.54) is 24.5 Å². The van der Waals surface area contributed by atoms with Crippen molar-refractivity contribution in [2.75, 3.05) is 7.05 Å². The van der Waals surface area contributed by atoms with Crippen molar-refractivity contribution >= 4 is 27.3 Å². The maximum atomic E-state index is 12.2. The summed E-state index contributed by atoms with van der Waals surface area (Å²) in [5.41, 5.74) is 1.69. The number of hydrogen-bond acceptors (Lipinski definition) is 5. The van der Waals surface area contributed by atoms with E-state index in [9.17, 15) is 13.2 Å². The van der Waals surface area contributed by atoms with Gasteiger partial charge in [-0.3, -0.25) is 4.79 Å². The van der Waals surface area contributed by atoms with Gasteiger partial charge in [0.05, 0.1) is 11.4 Å². The summed E-state index contributed by atoms with van der Waals surface area (Å²) in [5, 5.41) is 5.36. The van der Waals surface area contributed by atoms with E-state index in [-0.39, 0.29) is 10.8 Å². The van der Waals surface area contributed by atoms with Gasteiger partial charge in [-0.25, -0.2) is 18.1 Å². The fourth-order valence-corrected chi connectivity index (χ4v) is 3.57. The van der Waals surface area contributed by atoms with Gasteiger partial charge in [-0.2, -0.15) is 0 Å². The first-order valence-corrected chi connectivity index (χ1v) is 8.93. The minimum Gasteiger partial charge on any atom is -0.346 e. The zero-order valence-electron chi connectivity index (χ0n) is 12.5. The lowest BCUT2D eigenvalue weighted by molar-refractivity contribution is 0.0950. The van der Waals surface area contributed by atoms with Crippen LogP contribution in [-0.2, 0) is 16.6 Å². The summed E-state index contributed by atoms with van der Waals surface area (Å²) < 4.78 is 26.4. The number of hydrogen-bond donors (Lipinski definition) is 2. The summed E-state index contributed by atoms with van der Waals surface area (Å²) in [6.45, 7) is 3.82. The summed E-state index contributed by atoms with van der Waals surface area (Å²) in [6.07, 6.45) is 1.67. The SMILES string of the molecule is CNS(=O)(=O)c1cc(C(=O)NCc2nccs2)cc(C)c1C.